The molecule has 0 aliphatic rings. The summed E-state index contributed by atoms with van der Waals surface area (Å²) in [6.45, 7) is 6.51. The van der Waals surface area contributed by atoms with E-state index in [4.69, 9.17) is 14.2 Å². The van der Waals surface area contributed by atoms with E-state index in [1.807, 2.05) is 0 Å². The number of esters is 3. The van der Waals surface area contributed by atoms with E-state index in [0.717, 1.165) is 96.3 Å². The number of allylic oxidation sites excluding steroid dienone is 8. The summed E-state index contributed by atoms with van der Waals surface area (Å²) in [5, 5.41) is 0. The molecule has 0 spiro atoms. The van der Waals surface area contributed by atoms with Crippen molar-refractivity contribution >= 4 is 17.9 Å². The fourth-order valence-corrected chi connectivity index (χ4v) is 7.26. The third-order valence-corrected chi connectivity index (χ3v) is 11.1. The van der Waals surface area contributed by atoms with Crippen molar-refractivity contribution in [1.29, 1.82) is 0 Å². The summed E-state index contributed by atoms with van der Waals surface area (Å²) in [7, 11) is 0. The average Bonchev–Trinajstić information content (AvgIpc) is 3.24. The van der Waals surface area contributed by atoms with Crippen LogP contribution in [0.1, 0.15) is 258 Å². The van der Waals surface area contributed by atoms with E-state index in [2.05, 4.69) is 69.4 Å². The number of carbonyl (C=O) groups excluding carboxylic acids is 3. The standard InChI is InChI=1S/C54H96O6/c1-4-7-10-13-16-19-22-25-26-27-28-30-33-36-39-42-45-48-54(57)60-51(49-58-52(55)46-43-40-37-34-31-24-21-18-15-12-9-6-3)50-59-53(56)47-44-41-38-35-32-29-23-20-17-14-11-8-5-2/h7,10,16,19,25-26,28,30,51H,4-6,8-9,11-15,17-18,20-24,27,29,31-50H2,1-3H3/b10-7-,19-16-,26-25-,30-28-/t51-/m0/s1. The normalized spacial score (nSPS) is 12.4. The molecule has 0 aliphatic carbocycles. The lowest BCUT2D eigenvalue weighted by atomic mass is 10.0. The third kappa shape index (κ3) is 46.4. The van der Waals surface area contributed by atoms with Crippen LogP contribution in [0.2, 0.25) is 0 Å². The second kappa shape index (κ2) is 49.0. The Morgan fingerprint density at radius 3 is 1.02 bits per heavy atom. The second-order valence-electron chi connectivity index (χ2n) is 17.1. The smallest absolute Gasteiger partial charge is 0.306 e. The molecule has 0 fully saturated rings. The lowest BCUT2D eigenvalue weighted by Crippen LogP contribution is -2.30. The molecule has 0 aromatic rings. The van der Waals surface area contributed by atoms with Crippen LogP contribution in [0, 0.1) is 0 Å². The molecule has 0 rings (SSSR count). The van der Waals surface area contributed by atoms with Crippen LogP contribution in [-0.4, -0.2) is 37.2 Å². The topological polar surface area (TPSA) is 78.9 Å². The van der Waals surface area contributed by atoms with Crippen LogP contribution >= 0.6 is 0 Å². The van der Waals surface area contributed by atoms with Crippen molar-refractivity contribution in [2.45, 2.75) is 264 Å². The maximum atomic E-state index is 12.8. The van der Waals surface area contributed by atoms with Crippen LogP contribution in [0.25, 0.3) is 0 Å². The number of carbonyl (C=O) groups is 3. The van der Waals surface area contributed by atoms with Crippen molar-refractivity contribution in [2.75, 3.05) is 13.2 Å². The molecule has 0 radical (unpaired) electrons. The third-order valence-electron chi connectivity index (χ3n) is 11.1. The molecule has 0 N–H and O–H groups in total. The lowest BCUT2D eigenvalue weighted by Gasteiger charge is -2.18. The Kier molecular flexibility index (Phi) is 46.9. The number of ether oxygens (including phenoxy) is 3. The van der Waals surface area contributed by atoms with Gasteiger partial charge in [-0.1, -0.05) is 230 Å². The molecule has 0 aromatic carbocycles. The van der Waals surface area contributed by atoms with Gasteiger partial charge in [-0.05, 0) is 57.8 Å². The number of unbranched alkanes of at least 4 members (excludes halogenated alkanes) is 27. The summed E-state index contributed by atoms with van der Waals surface area (Å²) in [5.41, 5.74) is 0. The minimum absolute atomic E-state index is 0.0796. The zero-order valence-corrected chi connectivity index (χ0v) is 39.7. The molecular formula is C54H96O6. The summed E-state index contributed by atoms with van der Waals surface area (Å²) in [4.78, 5) is 37.9. The van der Waals surface area contributed by atoms with E-state index in [9.17, 15) is 14.4 Å². The Bertz CT molecular complexity index is 1060. The molecule has 0 aromatic heterocycles. The molecule has 60 heavy (non-hydrogen) atoms. The largest absolute Gasteiger partial charge is 0.462 e. The minimum Gasteiger partial charge on any atom is -0.462 e. The van der Waals surface area contributed by atoms with Crippen LogP contribution in [0.5, 0.6) is 0 Å². The van der Waals surface area contributed by atoms with Gasteiger partial charge in [0.1, 0.15) is 13.2 Å². The summed E-state index contributed by atoms with van der Waals surface area (Å²) < 4.78 is 16.8. The average molecular weight is 841 g/mol. The maximum absolute atomic E-state index is 12.8. The van der Waals surface area contributed by atoms with Gasteiger partial charge in [-0.15, -0.1) is 0 Å². The van der Waals surface area contributed by atoms with E-state index < -0.39 is 6.10 Å². The van der Waals surface area contributed by atoms with Gasteiger partial charge in [0, 0.05) is 19.3 Å². The SMILES string of the molecule is CC/C=C\C/C=C\C/C=C\C/C=C\CCCCCCC(=O)O[C@@H](COC(=O)CCCCCCCCCCCCCC)COC(=O)CCCCCCCCCCCCCCC. The van der Waals surface area contributed by atoms with Gasteiger partial charge in [0.2, 0.25) is 0 Å². The Hall–Kier alpha value is -2.63. The van der Waals surface area contributed by atoms with Crippen molar-refractivity contribution in [2.24, 2.45) is 0 Å². The highest BCUT2D eigenvalue weighted by atomic mass is 16.6. The number of rotatable bonds is 46. The van der Waals surface area contributed by atoms with E-state index in [1.165, 1.54) is 122 Å². The van der Waals surface area contributed by atoms with Gasteiger partial charge in [0.25, 0.3) is 0 Å². The van der Waals surface area contributed by atoms with Gasteiger partial charge < -0.3 is 14.2 Å². The Labute approximate surface area is 371 Å². The Morgan fingerprint density at radius 2 is 0.650 bits per heavy atom. The summed E-state index contributed by atoms with van der Waals surface area (Å²) in [5.74, 6) is -0.895. The molecule has 0 saturated heterocycles. The number of hydrogen-bond donors (Lipinski definition) is 0. The fourth-order valence-electron chi connectivity index (χ4n) is 7.26. The van der Waals surface area contributed by atoms with E-state index in [0.29, 0.717) is 19.3 Å². The molecule has 0 unspecified atom stereocenters. The molecule has 0 amide bonds. The van der Waals surface area contributed by atoms with Crippen LogP contribution in [0.3, 0.4) is 0 Å². The molecule has 0 aliphatic heterocycles. The monoisotopic (exact) mass is 841 g/mol. The van der Waals surface area contributed by atoms with Crippen LogP contribution < -0.4 is 0 Å². The van der Waals surface area contributed by atoms with Gasteiger partial charge in [0.15, 0.2) is 6.10 Å². The number of hydrogen-bond acceptors (Lipinski definition) is 6. The Morgan fingerprint density at radius 1 is 0.350 bits per heavy atom. The highest BCUT2D eigenvalue weighted by molar-refractivity contribution is 5.71. The highest BCUT2D eigenvalue weighted by Crippen LogP contribution is 2.15. The predicted molar refractivity (Wildman–Crippen MR) is 256 cm³/mol. The molecule has 6 nitrogen and oxygen atoms in total. The first-order valence-electron chi connectivity index (χ1n) is 25.6. The highest BCUT2D eigenvalue weighted by Gasteiger charge is 2.19. The zero-order valence-electron chi connectivity index (χ0n) is 39.7. The molecule has 348 valence electrons. The second-order valence-corrected chi connectivity index (χ2v) is 17.1. The van der Waals surface area contributed by atoms with Crippen molar-refractivity contribution < 1.29 is 28.6 Å². The van der Waals surface area contributed by atoms with Gasteiger partial charge in [-0.25, -0.2) is 0 Å². The molecular weight excluding hydrogens is 745 g/mol. The molecule has 0 saturated carbocycles. The fraction of sp³-hybridized carbons (Fsp3) is 0.796. The van der Waals surface area contributed by atoms with E-state index in [-0.39, 0.29) is 31.1 Å². The van der Waals surface area contributed by atoms with Crippen molar-refractivity contribution in [3.05, 3.63) is 48.6 Å². The van der Waals surface area contributed by atoms with Crippen molar-refractivity contribution in [3.63, 3.8) is 0 Å². The first kappa shape index (κ1) is 57.4. The van der Waals surface area contributed by atoms with E-state index in [1.54, 1.807) is 0 Å². The minimum atomic E-state index is -0.780. The van der Waals surface area contributed by atoms with Gasteiger partial charge in [-0.3, -0.25) is 14.4 Å². The predicted octanol–water partition coefficient (Wildman–Crippen LogP) is 16.7. The van der Waals surface area contributed by atoms with Gasteiger partial charge in [0.05, 0.1) is 0 Å². The van der Waals surface area contributed by atoms with Crippen molar-refractivity contribution in [3.8, 4) is 0 Å². The van der Waals surface area contributed by atoms with Gasteiger partial charge >= 0.3 is 17.9 Å². The molecule has 1 atom stereocenters. The van der Waals surface area contributed by atoms with Crippen molar-refractivity contribution in [1.82, 2.24) is 0 Å². The maximum Gasteiger partial charge on any atom is 0.306 e. The van der Waals surface area contributed by atoms with Crippen LogP contribution in [0.15, 0.2) is 48.6 Å². The molecule has 0 heterocycles. The van der Waals surface area contributed by atoms with Crippen LogP contribution in [0.4, 0.5) is 0 Å². The molecule has 0 bridgehead atoms. The zero-order chi connectivity index (χ0) is 43.7. The van der Waals surface area contributed by atoms with Crippen LogP contribution in [-0.2, 0) is 28.6 Å². The van der Waals surface area contributed by atoms with Gasteiger partial charge in [-0.2, -0.15) is 0 Å². The first-order valence-corrected chi connectivity index (χ1v) is 25.6. The quantitative estimate of drug-likeness (QED) is 0.0263. The van der Waals surface area contributed by atoms with E-state index >= 15 is 0 Å². The summed E-state index contributed by atoms with van der Waals surface area (Å²) in [6, 6.07) is 0. The molecule has 6 heteroatoms. The summed E-state index contributed by atoms with van der Waals surface area (Å²) in [6.07, 6.45) is 58.0. The Balaban J connectivity index is 4.40. The first-order chi connectivity index (χ1) is 29.5. The summed E-state index contributed by atoms with van der Waals surface area (Å²) >= 11 is 0. The lowest BCUT2D eigenvalue weighted by molar-refractivity contribution is -0.167.